The summed E-state index contributed by atoms with van der Waals surface area (Å²) in [6, 6.07) is 7.24. The summed E-state index contributed by atoms with van der Waals surface area (Å²) in [7, 11) is 0. The van der Waals surface area contributed by atoms with Crippen molar-refractivity contribution in [3.8, 4) is 17.5 Å². The zero-order valence-electron chi connectivity index (χ0n) is 8.98. The standard InChI is InChI=1S/C11H8Cl2N4/c1-7-15-11(17(16-7)5-4-14)8-2-3-9(12)10(13)6-8/h2-3,6H,5H2,1H3. The fraction of sp³-hybridized carbons (Fsp3) is 0.182. The molecule has 17 heavy (non-hydrogen) atoms. The Labute approximate surface area is 108 Å². The van der Waals surface area contributed by atoms with Crippen LogP contribution in [0.1, 0.15) is 5.82 Å². The van der Waals surface area contributed by atoms with E-state index in [1.54, 1.807) is 25.1 Å². The van der Waals surface area contributed by atoms with Gasteiger partial charge in [-0.2, -0.15) is 10.4 Å². The average molecular weight is 267 g/mol. The number of nitrogens with zero attached hydrogens (tertiary/aromatic N) is 4. The maximum absolute atomic E-state index is 8.71. The molecule has 1 heterocycles. The van der Waals surface area contributed by atoms with E-state index in [1.165, 1.54) is 4.68 Å². The van der Waals surface area contributed by atoms with Gasteiger partial charge in [0.2, 0.25) is 0 Å². The molecule has 0 aliphatic carbocycles. The van der Waals surface area contributed by atoms with E-state index in [0.717, 1.165) is 5.56 Å². The molecule has 0 radical (unpaired) electrons. The van der Waals surface area contributed by atoms with Gasteiger partial charge in [-0.05, 0) is 25.1 Å². The number of halogens is 2. The van der Waals surface area contributed by atoms with Gasteiger partial charge in [-0.3, -0.25) is 0 Å². The largest absolute Gasteiger partial charge is 0.231 e. The van der Waals surface area contributed by atoms with Crippen molar-refractivity contribution in [1.29, 1.82) is 5.26 Å². The SMILES string of the molecule is Cc1nc(-c2ccc(Cl)c(Cl)c2)n(CC#N)n1. The van der Waals surface area contributed by atoms with Crippen LogP contribution in [0.15, 0.2) is 18.2 Å². The molecule has 0 unspecified atom stereocenters. The predicted molar refractivity (Wildman–Crippen MR) is 65.8 cm³/mol. The Morgan fingerprint density at radius 3 is 2.76 bits per heavy atom. The first kappa shape index (κ1) is 11.9. The molecule has 0 atom stereocenters. The van der Waals surface area contributed by atoms with E-state index < -0.39 is 0 Å². The van der Waals surface area contributed by atoms with Crippen molar-refractivity contribution < 1.29 is 0 Å². The molecule has 86 valence electrons. The highest BCUT2D eigenvalue weighted by Gasteiger charge is 2.10. The minimum atomic E-state index is 0.149. The average Bonchev–Trinajstić information content (AvgIpc) is 2.64. The van der Waals surface area contributed by atoms with Crippen LogP contribution in [0.2, 0.25) is 10.0 Å². The molecule has 6 heteroatoms. The van der Waals surface area contributed by atoms with Crippen molar-refractivity contribution in [3.05, 3.63) is 34.1 Å². The number of aromatic nitrogens is 3. The normalized spacial score (nSPS) is 10.2. The van der Waals surface area contributed by atoms with Crippen LogP contribution in [-0.4, -0.2) is 14.8 Å². The summed E-state index contributed by atoms with van der Waals surface area (Å²) in [6.07, 6.45) is 0. The van der Waals surface area contributed by atoms with E-state index in [1.807, 2.05) is 6.07 Å². The highest BCUT2D eigenvalue weighted by molar-refractivity contribution is 6.42. The molecule has 0 saturated heterocycles. The summed E-state index contributed by atoms with van der Waals surface area (Å²) in [6.45, 7) is 1.92. The summed E-state index contributed by atoms with van der Waals surface area (Å²) in [4.78, 5) is 4.27. The van der Waals surface area contributed by atoms with Gasteiger partial charge in [0.05, 0.1) is 16.1 Å². The van der Waals surface area contributed by atoms with Gasteiger partial charge in [0.25, 0.3) is 0 Å². The Balaban J connectivity index is 2.52. The maximum Gasteiger partial charge on any atom is 0.159 e. The minimum Gasteiger partial charge on any atom is -0.231 e. The molecule has 0 spiro atoms. The zero-order chi connectivity index (χ0) is 12.4. The quantitative estimate of drug-likeness (QED) is 0.840. The van der Waals surface area contributed by atoms with Gasteiger partial charge in [-0.1, -0.05) is 23.2 Å². The molecule has 2 rings (SSSR count). The van der Waals surface area contributed by atoms with E-state index in [-0.39, 0.29) is 6.54 Å². The van der Waals surface area contributed by atoms with Gasteiger partial charge in [-0.25, -0.2) is 9.67 Å². The third kappa shape index (κ3) is 2.41. The second-order valence-electron chi connectivity index (χ2n) is 3.43. The number of hydrogen-bond acceptors (Lipinski definition) is 3. The lowest BCUT2D eigenvalue weighted by Gasteiger charge is -2.03. The molecular formula is C11H8Cl2N4. The lowest BCUT2D eigenvalue weighted by molar-refractivity contribution is 0.708. The molecular weight excluding hydrogens is 259 g/mol. The first-order valence-electron chi connectivity index (χ1n) is 4.85. The second-order valence-corrected chi connectivity index (χ2v) is 4.24. The number of benzene rings is 1. The summed E-state index contributed by atoms with van der Waals surface area (Å²) in [5.74, 6) is 1.23. The summed E-state index contributed by atoms with van der Waals surface area (Å²) >= 11 is 11.8. The van der Waals surface area contributed by atoms with Crippen molar-refractivity contribution in [3.63, 3.8) is 0 Å². The van der Waals surface area contributed by atoms with E-state index in [2.05, 4.69) is 10.1 Å². The molecule has 0 fully saturated rings. The molecule has 0 bridgehead atoms. The van der Waals surface area contributed by atoms with E-state index in [4.69, 9.17) is 28.5 Å². The molecule has 0 aliphatic heterocycles. The van der Waals surface area contributed by atoms with Gasteiger partial charge in [0.15, 0.2) is 5.82 Å². The van der Waals surface area contributed by atoms with Crippen LogP contribution < -0.4 is 0 Å². The smallest absolute Gasteiger partial charge is 0.159 e. The first-order valence-corrected chi connectivity index (χ1v) is 5.61. The Bertz CT molecular complexity index is 598. The van der Waals surface area contributed by atoms with Crippen LogP contribution in [0.25, 0.3) is 11.4 Å². The molecule has 4 nitrogen and oxygen atoms in total. The van der Waals surface area contributed by atoms with Gasteiger partial charge < -0.3 is 0 Å². The van der Waals surface area contributed by atoms with E-state index in [9.17, 15) is 0 Å². The molecule has 0 amide bonds. The van der Waals surface area contributed by atoms with Crippen molar-refractivity contribution in [1.82, 2.24) is 14.8 Å². The van der Waals surface area contributed by atoms with Gasteiger partial charge >= 0.3 is 0 Å². The third-order valence-electron chi connectivity index (χ3n) is 2.18. The summed E-state index contributed by atoms with van der Waals surface area (Å²) in [5.41, 5.74) is 0.787. The van der Waals surface area contributed by atoms with Gasteiger partial charge in [0, 0.05) is 5.56 Å². The second kappa shape index (κ2) is 4.74. The minimum absolute atomic E-state index is 0.149. The lowest BCUT2D eigenvalue weighted by atomic mass is 10.2. The molecule has 0 aliphatic rings. The highest BCUT2D eigenvalue weighted by atomic mass is 35.5. The van der Waals surface area contributed by atoms with Crippen molar-refractivity contribution in [2.24, 2.45) is 0 Å². The van der Waals surface area contributed by atoms with Crippen LogP contribution in [0, 0.1) is 18.3 Å². The Hall–Kier alpha value is -1.57. The first-order chi connectivity index (χ1) is 8.11. The number of nitriles is 1. The van der Waals surface area contributed by atoms with E-state index >= 15 is 0 Å². The van der Waals surface area contributed by atoms with E-state index in [0.29, 0.717) is 21.7 Å². The highest BCUT2D eigenvalue weighted by Crippen LogP contribution is 2.27. The Kier molecular flexibility index (Phi) is 3.32. The molecule has 0 saturated carbocycles. The topological polar surface area (TPSA) is 54.5 Å². The Morgan fingerprint density at radius 1 is 1.35 bits per heavy atom. The number of hydrogen-bond donors (Lipinski definition) is 0. The predicted octanol–water partition coefficient (Wildman–Crippen LogP) is 3.08. The summed E-state index contributed by atoms with van der Waals surface area (Å²) < 4.78 is 1.54. The fourth-order valence-corrected chi connectivity index (χ4v) is 1.78. The van der Waals surface area contributed by atoms with Crippen molar-refractivity contribution in [2.75, 3.05) is 0 Å². The number of aryl methyl sites for hydroxylation is 1. The lowest BCUT2D eigenvalue weighted by Crippen LogP contribution is -2.00. The van der Waals surface area contributed by atoms with Gasteiger partial charge in [-0.15, -0.1) is 0 Å². The van der Waals surface area contributed by atoms with Crippen LogP contribution >= 0.6 is 23.2 Å². The monoisotopic (exact) mass is 266 g/mol. The molecule has 0 N–H and O–H groups in total. The fourth-order valence-electron chi connectivity index (χ4n) is 1.48. The third-order valence-corrected chi connectivity index (χ3v) is 2.91. The van der Waals surface area contributed by atoms with Gasteiger partial charge in [0.1, 0.15) is 12.4 Å². The van der Waals surface area contributed by atoms with Crippen LogP contribution in [-0.2, 0) is 6.54 Å². The van der Waals surface area contributed by atoms with Crippen LogP contribution in [0.5, 0.6) is 0 Å². The molecule has 1 aromatic heterocycles. The Morgan fingerprint density at radius 2 is 2.12 bits per heavy atom. The van der Waals surface area contributed by atoms with Crippen molar-refractivity contribution in [2.45, 2.75) is 13.5 Å². The van der Waals surface area contributed by atoms with Crippen LogP contribution in [0.4, 0.5) is 0 Å². The maximum atomic E-state index is 8.71. The molecule has 2 aromatic rings. The van der Waals surface area contributed by atoms with Crippen molar-refractivity contribution >= 4 is 23.2 Å². The molecule has 1 aromatic carbocycles. The number of rotatable bonds is 2. The zero-order valence-corrected chi connectivity index (χ0v) is 10.5. The summed E-state index contributed by atoms with van der Waals surface area (Å²) in [5, 5.41) is 13.8. The van der Waals surface area contributed by atoms with Crippen LogP contribution in [0.3, 0.4) is 0 Å².